The molecule has 1 saturated heterocycles. The van der Waals surface area contributed by atoms with Crippen LogP contribution in [0.5, 0.6) is 0 Å². The van der Waals surface area contributed by atoms with Crippen molar-refractivity contribution in [1.82, 2.24) is 24.6 Å². The van der Waals surface area contributed by atoms with Gasteiger partial charge in [0.05, 0.1) is 41.5 Å². The Morgan fingerprint density at radius 1 is 1.10 bits per heavy atom. The predicted octanol–water partition coefficient (Wildman–Crippen LogP) is 0.989. The molecule has 6 radical (unpaired) electrons. The lowest BCUT2D eigenvalue weighted by Gasteiger charge is -2.22. The van der Waals surface area contributed by atoms with Gasteiger partial charge in [0.25, 0.3) is 0 Å². The van der Waals surface area contributed by atoms with Gasteiger partial charge < -0.3 is 5.32 Å². The highest BCUT2D eigenvalue weighted by atomic mass is 16.2. The summed E-state index contributed by atoms with van der Waals surface area (Å²) in [5, 5.41) is 7.17. The molecule has 7 nitrogen and oxygen atoms in total. The van der Waals surface area contributed by atoms with Crippen LogP contribution in [-0.2, 0) is 10.0 Å². The Bertz CT molecular complexity index is 1040. The van der Waals surface area contributed by atoms with Gasteiger partial charge in [-0.1, -0.05) is 0 Å². The summed E-state index contributed by atoms with van der Waals surface area (Å²) in [6.07, 6.45) is 8.91. The lowest BCUT2D eigenvalue weighted by Crippen LogP contribution is -2.40. The normalized spacial score (nSPS) is 16.2. The Hall–Kier alpha value is -2.61. The Morgan fingerprint density at radius 2 is 1.83 bits per heavy atom. The first kappa shape index (κ1) is 19.7. The van der Waals surface area contributed by atoms with Crippen molar-refractivity contribution in [2.75, 3.05) is 18.4 Å². The first-order valence-corrected chi connectivity index (χ1v) is 9.54. The minimum absolute atomic E-state index is 0.0560. The molecule has 10 heteroatoms. The molecule has 3 aromatic heterocycles. The topological polar surface area (TPSA) is 75.9 Å². The van der Waals surface area contributed by atoms with Gasteiger partial charge in [0.15, 0.2) is 0 Å². The molecule has 140 valence electrons. The van der Waals surface area contributed by atoms with Crippen LogP contribution < -0.4 is 5.32 Å². The Kier molecular flexibility index (Phi) is 5.21. The van der Waals surface area contributed by atoms with Crippen LogP contribution in [0.15, 0.2) is 36.9 Å². The van der Waals surface area contributed by atoms with Crippen molar-refractivity contribution in [2.45, 2.75) is 31.0 Å². The molecule has 0 spiro atoms. The van der Waals surface area contributed by atoms with Crippen molar-refractivity contribution in [3.05, 3.63) is 36.9 Å². The van der Waals surface area contributed by atoms with E-state index in [-0.39, 0.29) is 11.9 Å². The zero-order chi connectivity index (χ0) is 20.6. The van der Waals surface area contributed by atoms with E-state index in [1.54, 1.807) is 24.8 Å². The number of anilines is 1. The van der Waals surface area contributed by atoms with Crippen molar-refractivity contribution in [1.29, 1.82) is 0 Å². The fraction of sp³-hybridized carbons (Fsp3) is 0.368. The number of likely N-dealkylation sites (tertiary alicyclic amines) is 1. The van der Waals surface area contributed by atoms with Crippen LogP contribution in [0.3, 0.4) is 0 Å². The van der Waals surface area contributed by atoms with E-state index in [9.17, 15) is 4.79 Å². The van der Waals surface area contributed by atoms with Gasteiger partial charge in [0.1, 0.15) is 5.82 Å². The molecule has 1 fully saturated rings. The van der Waals surface area contributed by atoms with E-state index in [0.29, 0.717) is 11.5 Å². The standard InChI is InChI=1S/C19H19B3N6O/c1-12(27-4-2-3-5-27)18(29)26-17-7-13-6-16(23-8-14(13)9-24-17)15-10-25-28(11-15)19(20,21)22/h6-12H,2-5H2,1H3,(H,24,26,29)/t12-/m0/s1. The van der Waals surface area contributed by atoms with E-state index < -0.39 is 5.24 Å². The number of fused-ring (bicyclic) bond motifs is 1. The molecule has 0 aromatic carbocycles. The molecule has 1 N–H and O–H groups in total. The van der Waals surface area contributed by atoms with Crippen molar-refractivity contribution in [2.24, 2.45) is 0 Å². The number of rotatable bonds is 5. The van der Waals surface area contributed by atoms with Crippen LogP contribution in [0, 0.1) is 0 Å². The molecular formula is C19H19B3N6O. The Morgan fingerprint density at radius 3 is 2.52 bits per heavy atom. The maximum Gasteiger partial charge on any atom is 0.242 e. The number of nitrogens with zero attached hydrogens (tertiary/aromatic N) is 5. The second-order valence-electron chi connectivity index (χ2n) is 7.46. The number of hydrogen-bond acceptors (Lipinski definition) is 5. The van der Waals surface area contributed by atoms with Crippen molar-refractivity contribution in [3.8, 4) is 11.3 Å². The van der Waals surface area contributed by atoms with Gasteiger partial charge >= 0.3 is 0 Å². The highest BCUT2D eigenvalue weighted by Gasteiger charge is 2.24. The SMILES string of the molecule is [B]C([B])([B])n1cc(-c2cc3cc(NC(=O)[C@H](C)N4CCCC4)ncc3cn2)cn1. The van der Waals surface area contributed by atoms with Gasteiger partial charge in [0.2, 0.25) is 5.91 Å². The molecule has 4 heterocycles. The monoisotopic (exact) mass is 380 g/mol. The van der Waals surface area contributed by atoms with E-state index in [4.69, 9.17) is 23.5 Å². The van der Waals surface area contributed by atoms with Crippen LogP contribution in [0.1, 0.15) is 19.8 Å². The average molecular weight is 380 g/mol. The van der Waals surface area contributed by atoms with E-state index >= 15 is 0 Å². The zero-order valence-corrected chi connectivity index (χ0v) is 16.2. The number of carbonyl (C=O) groups excluding carboxylic acids is 1. The summed E-state index contributed by atoms with van der Waals surface area (Å²) in [7, 11) is 17.0. The van der Waals surface area contributed by atoms with Crippen LogP contribution in [0.2, 0.25) is 0 Å². The molecular weight excluding hydrogens is 361 g/mol. The summed E-state index contributed by atoms with van der Waals surface area (Å²) < 4.78 is 1.27. The summed E-state index contributed by atoms with van der Waals surface area (Å²) in [5.74, 6) is 0.450. The highest BCUT2D eigenvalue weighted by molar-refractivity contribution is 6.56. The van der Waals surface area contributed by atoms with Crippen molar-refractivity contribution >= 4 is 46.0 Å². The number of aromatic nitrogens is 4. The molecule has 3 aromatic rings. The van der Waals surface area contributed by atoms with Crippen molar-refractivity contribution < 1.29 is 4.79 Å². The third kappa shape index (κ3) is 4.22. The molecule has 0 aliphatic carbocycles. The van der Waals surface area contributed by atoms with Gasteiger partial charge in [-0.2, -0.15) is 5.10 Å². The highest BCUT2D eigenvalue weighted by Crippen LogP contribution is 2.24. The summed E-state index contributed by atoms with van der Waals surface area (Å²) in [6.45, 7) is 3.84. The average Bonchev–Trinajstić information content (AvgIpc) is 3.38. The van der Waals surface area contributed by atoms with Gasteiger partial charge in [-0.05, 0) is 55.6 Å². The fourth-order valence-electron chi connectivity index (χ4n) is 3.46. The van der Waals surface area contributed by atoms with Crippen LogP contribution >= 0.6 is 0 Å². The first-order chi connectivity index (χ1) is 13.8. The number of carbonyl (C=O) groups is 1. The fourth-order valence-corrected chi connectivity index (χ4v) is 3.46. The molecule has 1 aliphatic rings. The summed E-state index contributed by atoms with van der Waals surface area (Å²) >= 11 is 0. The predicted molar refractivity (Wildman–Crippen MR) is 115 cm³/mol. The van der Waals surface area contributed by atoms with Crippen LogP contribution in [-0.4, -0.2) is 73.2 Å². The number of pyridine rings is 2. The van der Waals surface area contributed by atoms with Gasteiger partial charge in [-0.15, -0.1) is 0 Å². The summed E-state index contributed by atoms with van der Waals surface area (Å²) in [4.78, 5) is 23.5. The number of nitrogens with one attached hydrogen (secondary N) is 1. The third-order valence-corrected chi connectivity index (χ3v) is 5.20. The second-order valence-corrected chi connectivity index (χ2v) is 7.46. The number of hydrogen-bond donors (Lipinski definition) is 1. The Labute approximate surface area is 173 Å². The van der Waals surface area contributed by atoms with E-state index in [1.165, 1.54) is 4.68 Å². The third-order valence-electron chi connectivity index (χ3n) is 5.20. The summed E-state index contributed by atoms with van der Waals surface area (Å²) in [5.41, 5.74) is 1.41. The molecule has 29 heavy (non-hydrogen) atoms. The molecule has 1 atom stereocenters. The molecule has 0 bridgehead atoms. The molecule has 1 aliphatic heterocycles. The quantitative estimate of drug-likeness (QED) is 0.669. The first-order valence-electron chi connectivity index (χ1n) is 9.54. The maximum atomic E-state index is 12.6. The molecule has 0 unspecified atom stereocenters. The number of amides is 1. The lowest BCUT2D eigenvalue weighted by atomic mass is 9.49. The van der Waals surface area contributed by atoms with E-state index in [2.05, 4.69) is 25.3 Å². The minimum Gasteiger partial charge on any atom is -0.309 e. The summed E-state index contributed by atoms with van der Waals surface area (Å²) in [6, 6.07) is 3.54. The van der Waals surface area contributed by atoms with Gasteiger partial charge in [0, 0.05) is 29.5 Å². The van der Waals surface area contributed by atoms with Crippen LogP contribution in [0.25, 0.3) is 22.0 Å². The van der Waals surface area contributed by atoms with Gasteiger partial charge in [-0.3, -0.25) is 19.4 Å². The molecule has 0 saturated carbocycles. The van der Waals surface area contributed by atoms with E-state index in [1.807, 2.05) is 19.1 Å². The zero-order valence-electron chi connectivity index (χ0n) is 16.2. The smallest absolute Gasteiger partial charge is 0.242 e. The largest absolute Gasteiger partial charge is 0.309 e. The molecule has 4 rings (SSSR count). The second kappa shape index (κ2) is 7.67. The lowest BCUT2D eigenvalue weighted by molar-refractivity contribution is -0.120. The Balaban J connectivity index is 1.56. The minimum atomic E-state index is -1.58. The molecule has 1 amide bonds. The van der Waals surface area contributed by atoms with Crippen LogP contribution in [0.4, 0.5) is 5.82 Å². The van der Waals surface area contributed by atoms with Gasteiger partial charge in [-0.25, -0.2) is 4.98 Å². The maximum absolute atomic E-state index is 12.6. The van der Waals surface area contributed by atoms with E-state index in [0.717, 1.165) is 42.3 Å². The van der Waals surface area contributed by atoms with Crippen molar-refractivity contribution in [3.63, 3.8) is 0 Å².